The predicted molar refractivity (Wildman–Crippen MR) is 106 cm³/mol. The minimum atomic E-state index is 0.0505. The van der Waals surface area contributed by atoms with Crippen LogP contribution >= 0.6 is 11.6 Å². The molecule has 1 aromatic heterocycles. The molecule has 0 fully saturated rings. The van der Waals surface area contributed by atoms with Crippen LogP contribution in [0.5, 0.6) is 0 Å². The lowest BCUT2D eigenvalue weighted by atomic mass is 9.92. The van der Waals surface area contributed by atoms with Crippen LogP contribution in [0.25, 0.3) is 0 Å². The Morgan fingerprint density at radius 2 is 1.88 bits per heavy atom. The van der Waals surface area contributed by atoms with Gasteiger partial charge >= 0.3 is 0 Å². The molecule has 0 unspecified atom stereocenters. The van der Waals surface area contributed by atoms with Gasteiger partial charge in [-0.3, -0.25) is 0 Å². The Kier molecular flexibility index (Phi) is 4.32. The number of benzene rings is 2. The van der Waals surface area contributed by atoms with Gasteiger partial charge in [0.1, 0.15) is 0 Å². The van der Waals surface area contributed by atoms with Gasteiger partial charge in [0.2, 0.25) is 11.9 Å². The Hall–Kier alpha value is -2.53. The second-order valence-electron chi connectivity index (χ2n) is 7.03. The highest BCUT2D eigenvalue weighted by Gasteiger charge is 2.31. The zero-order valence-electron chi connectivity index (χ0n) is 14.9. The molecule has 0 aliphatic carbocycles. The van der Waals surface area contributed by atoms with E-state index in [-0.39, 0.29) is 18.0 Å². The molecule has 26 heavy (non-hydrogen) atoms. The van der Waals surface area contributed by atoms with E-state index in [0.717, 1.165) is 17.0 Å². The number of rotatable bonds is 3. The SMILES string of the molecule is CC(C)c1ccc([C@H]2C[C@@H](c3ccccc3Cl)Nc3nc(N)nn32)cc1. The summed E-state index contributed by atoms with van der Waals surface area (Å²) in [7, 11) is 0. The Labute approximate surface area is 158 Å². The number of nitrogens with two attached hydrogens (primary N) is 1. The summed E-state index contributed by atoms with van der Waals surface area (Å²) in [4.78, 5) is 4.35. The van der Waals surface area contributed by atoms with Gasteiger partial charge in [-0.25, -0.2) is 4.68 Å². The number of nitrogens with zero attached hydrogens (tertiary/aromatic N) is 3. The number of nitrogen functional groups attached to an aromatic ring is 1. The van der Waals surface area contributed by atoms with Crippen LogP contribution < -0.4 is 11.1 Å². The van der Waals surface area contributed by atoms with Crippen LogP contribution in [0.4, 0.5) is 11.9 Å². The average Bonchev–Trinajstić information content (AvgIpc) is 3.01. The third kappa shape index (κ3) is 3.03. The van der Waals surface area contributed by atoms with Crippen LogP contribution in [0.15, 0.2) is 48.5 Å². The summed E-state index contributed by atoms with van der Waals surface area (Å²) < 4.78 is 1.88. The minimum Gasteiger partial charge on any atom is -0.366 e. The van der Waals surface area contributed by atoms with Gasteiger partial charge in [0.05, 0.1) is 12.1 Å². The largest absolute Gasteiger partial charge is 0.366 e. The summed E-state index contributed by atoms with van der Waals surface area (Å²) in [6.07, 6.45) is 0.820. The van der Waals surface area contributed by atoms with Crippen molar-refractivity contribution in [1.29, 1.82) is 0 Å². The average molecular weight is 368 g/mol. The number of fused-ring (bicyclic) bond motifs is 1. The highest BCUT2D eigenvalue weighted by atomic mass is 35.5. The molecule has 3 aromatic rings. The van der Waals surface area contributed by atoms with Crippen molar-refractivity contribution in [3.8, 4) is 0 Å². The maximum atomic E-state index is 6.43. The van der Waals surface area contributed by atoms with Crippen LogP contribution in [0.3, 0.4) is 0 Å². The molecule has 0 spiro atoms. The maximum Gasteiger partial charge on any atom is 0.241 e. The smallest absolute Gasteiger partial charge is 0.241 e. The van der Waals surface area contributed by atoms with Gasteiger partial charge in [-0.15, -0.1) is 5.10 Å². The number of hydrogen-bond acceptors (Lipinski definition) is 4. The van der Waals surface area contributed by atoms with Crippen LogP contribution in [-0.2, 0) is 0 Å². The fourth-order valence-corrected chi connectivity index (χ4v) is 3.80. The van der Waals surface area contributed by atoms with Gasteiger partial charge in [0.15, 0.2) is 0 Å². The lowest BCUT2D eigenvalue weighted by Crippen LogP contribution is -2.28. The van der Waals surface area contributed by atoms with E-state index in [1.54, 1.807) is 0 Å². The Balaban J connectivity index is 1.74. The summed E-state index contributed by atoms with van der Waals surface area (Å²) in [5.41, 5.74) is 9.44. The topological polar surface area (TPSA) is 68.8 Å². The third-order valence-corrected chi connectivity index (χ3v) is 5.32. The first-order valence-electron chi connectivity index (χ1n) is 8.85. The molecule has 0 bridgehead atoms. The summed E-state index contributed by atoms with van der Waals surface area (Å²) in [5.74, 6) is 1.46. The van der Waals surface area contributed by atoms with E-state index in [0.29, 0.717) is 11.9 Å². The van der Waals surface area contributed by atoms with E-state index < -0.39 is 0 Å². The molecule has 0 amide bonds. The number of nitrogens with one attached hydrogen (secondary N) is 1. The molecule has 4 rings (SSSR count). The lowest BCUT2D eigenvalue weighted by molar-refractivity contribution is 0.431. The van der Waals surface area contributed by atoms with E-state index >= 15 is 0 Å². The highest BCUT2D eigenvalue weighted by molar-refractivity contribution is 6.31. The van der Waals surface area contributed by atoms with Crippen molar-refractivity contribution >= 4 is 23.5 Å². The first kappa shape index (κ1) is 16.9. The van der Waals surface area contributed by atoms with Gasteiger partial charge in [0.25, 0.3) is 0 Å². The normalized spacial score (nSPS) is 19.2. The van der Waals surface area contributed by atoms with Crippen molar-refractivity contribution in [2.45, 2.75) is 38.3 Å². The monoisotopic (exact) mass is 367 g/mol. The Morgan fingerprint density at radius 1 is 1.15 bits per heavy atom. The van der Waals surface area contributed by atoms with Crippen LogP contribution in [0.1, 0.15) is 55.0 Å². The summed E-state index contributed by atoms with van der Waals surface area (Å²) in [6.45, 7) is 4.40. The van der Waals surface area contributed by atoms with E-state index in [1.165, 1.54) is 11.1 Å². The van der Waals surface area contributed by atoms with Crippen LogP contribution in [0, 0.1) is 0 Å². The van der Waals surface area contributed by atoms with E-state index in [2.05, 4.69) is 53.5 Å². The molecule has 5 nitrogen and oxygen atoms in total. The highest BCUT2D eigenvalue weighted by Crippen LogP contribution is 2.40. The predicted octanol–water partition coefficient (Wildman–Crippen LogP) is 4.78. The molecule has 2 heterocycles. The molecule has 134 valence electrons. The Bertz CT molecular complexity index is 916. The molecule has 2 aromatic carbocycles. The molecule has 0 saturated carbocycles. The lowest BCUT2D eigenvalue weighted by Gasteiger charge is -2.32. The fourth-order valence-electron chi connectivity index (χ4n) is 3.54. The number of anilines is 2. The second kappa shape index (κ2) is 6.65. The molecule has 0 saturated heterocycles. The van der Waals surface area contributed by atoms with Crippen LogP contribution in [0.2, 0.25) is 5.02 Å². The number of aromatic nitrogens is 3. The summed E-state index contributed by atoms with van der Waals surface area (Å²) >= 11 is 6.43. The van der Waals surface area contributed by atoms with Crippen molar-refractivity contribution in [3.63, 3.8) is 0 Å². The first-order chi connectivity index (χ1) is 12.5. The van der Waals surface area contributed by atoms with Gasteiger partial charge in [-0.1, -0.05) is 67.9 Å². The van der Waals surface area contributed by atoms with E-state index in [1.807, 2.05) is 28.9 Å². The van der Waals surface area contributed by atoms with Gasteiger partial charge < -0.3 is 11.1 Å². The fraction of sp³-hybridized carbons (Fsp3) is 0.300. The van der Waals surface area contributed by atoms with Gasteiger partial charge in [0, 0.05) is 5.02 Å². The van der Waals surface area contributed by atoms with Crippen molar-refractivity contribution in [2.24, 2.45) is 0 Å². The Morgan fingerprint density at radius 3 is 2.58 bits per heavy atom. The second-order valence-corrected chi connectivity index (χ2v) is 7.44. The summed E-state index contributed by atoms with van der Waals surface area (Å²) in [5, 5.41) is 8.58. The molecular weight excluding hydrogens is 346 g/mol. The molecule has 1 aliphatic heterocycles. The molecule has 2 atom stereocenters. The molecule has 1 aliphatic rings. The minimum absolute atomic E-state index is 0.0505. The molecule has 6 heteroatoms. The number of hydrogen-bond donors (Lipinski definition) is 2. The van der Waals surface area contributed by atoms with Gasteiger partial charge in [-0.2, -0.15) is 4.98 Å². The molecule has 3 N–H and O–H groups in total. The standard InChI is InChI=1S/C20H22ClN5/c1-12(2)13-7-9-14(10-8-13)18-11-17(15-5-3-4-6-16(15)21)23-20-24-19(22)25-26(18)20/h3-10,12,17-18H,11H2,1-2H3,(H3,22,23,24,25)/t17-,18+/m0/s1. The van der Waals surface area contributed by atoms with Crippen molar-refractivity contribution in [2.75, 3.05) is 11.1 Å². The number of halogens is 1. The van der Waals surface area contributed by atoms with Gasteiger partial charge in [-0.05, 0) is 35.1 Å². The van der Waals surface area contributed by atoms with E-state index in [4.69, 9.17) is 17.3 Å². The van der Waals surface area contributed by atoms with Crippen LogP contribution in [-0.4, -0.2) is 14.8 Å². The quantitative estimate of drug-likeness (QED) is 0.698. The zero-order chi connectivity index (χ0) is 18.3. The van der Waals surface area contributed by atoms with E-state index in [9.17, 15) is 0 Å². The van der Waals surface area contributed by atoms with Crippen molar-refractivity contribution < 1.29 is 0 Å². The maximum absolute atomic E-state index is 6.43. The molecular formula is C20H22ClN5. The first-order valence-corrected chi connectivity index (χ1v) is 9.23. The third-order valence-electron chi connectivity index (χ3n) is 4.97. The van der Waals surface area contributed by atoms with Crippen molar-refractivity contribution in [1.82, 2.24) is 14.8 Å². The summed E-state index contributed by atoms with van der Waals surface area (Å²) in [6, 6.07) is 16.7. The molecule has 0 radical (unpaired) electrons. The zero-order valence-corrected chi connectivity index (χ0v) is 15.6. The van der Waals surface area contributed by atoms with Crippen molar-refractivity contribution in [3.05, 3.63) is 70.2 Å².